The molecule has 192 valence electrons. The molecule has 3 aliphatic rings. The summed E-state index contributed by atoms with van der Waals surface area (Å²) in [4.78, 5) is 61.2. The number of methoxy groups -OCH3 is 1. The molecule has 4 amide bonds. The number of benzene rings is 4. The number of rotatable bonds is 4. The number of hydrazine groups is 1. The zero-order valence-corrected chi connectivity index (χ0v) is 20.7. The van der Waals surface area contributed by atoms with E-state index < -0.39 is 41.7 Å². The van der Waals surface area contributed by atoms with Crippen LogP contribution in [0.2, 0.25) is 0 Å². The Morgan fingerprint density at radius 1 is 0.692 bits per heavy atom. The number of nitrogens with zero attached hydrogens (tertiary/aromatic N) is 3. The highest BCUT2D eigenvalue weighted by Gasteiger charge is 2.63. The molecule has 0 radical (unpaired) electrons. The first-order valence-electron chi connectivity index (χ1n) is 12.4. The Morgan fingerprint density at radius 2 is 1.33 bits per heavy atom. The highest BCUT2D eigenvalue weighted by atomic mass is 16.7. The van der Waals surface area contributed by atoms with Crippen molar-refractivity contribution in [3.8, 4) is 5.75 Å². The number of hydroxylamine groups is 1. The molecule has 3 aliphatic heterocycles. The quantitative estimate of drug-likeness (QED) is 0.377. The van der Waals surface area contributed by atoms with E-state index in [0.717, 1.165) is 5.39 Å². The lowest BCUT2D eigenvalue weighted by molar-refractivity contribution is -0.154. The summed E-state index contributed by atoms with van der Waals surface area (Å²) in [5.74, 6) is -3.28. The topological polar surface area (TPSA) is 96.5 Å². The van der Waals surface area contributed by atoms with Crippen molar-refractivity contribution < 1.29 is 28.8 Å². The van der Waals surface area contributed by atoms with Gasteiger partial charge in [-0.1, -0.05) is 54.6 Å². The fourth-order valence-corrected chi connectivity index (χ4v) is 5.74. The smallest absolute Gasteiger partial charge is 0.281 e. The van der Waals surface area contributed by atoms with Gasteiger partial charge in [-0.3, -0.25) is 24.0 Å². The number of hydrogen-bond acceptors (Lipinski definition) is 7. The average Bonchev–Trinajstić information content (AvgIpc) is 3.48. The van der Waals surface area contributed by atoms with E-state index in [0.29, 0.717) is 32.4 Å². The molecule has 9 heteroatoms. The van der Waals surface area contributed by atoms with Crippen molar-refractivity contribution in [1.29, 1.82) is 0 Å². The zero-order chi connectivity index (χ0) is 26.8. The second kappa shape index (κ2) is 8.50. The largest absolute Gasteiger partial charge is 0.497 e. The molecule has 0 spiro atoms. The Kier molecular flexibility index (Phi) is 5.04. The molecule has 0 bridgehead atoms. The molecule has 0 N–H and O–H groups in total. The van der Waals surface area contributed by atoms with E-state index in [4.69, 9.17) is 9.57 Å². The molecule has 0 saturated carbocycles. The summed E-state index contributed by atoms with van der Waals surface area (Å²) in [5, 5.41) is 4.13. The first kappa shape index (κ1) is 23.1. The number of fused-ring (bicyclic) bond motifs is 1. The molecule has 2 saturated heterocycles. The van der Waals surface area contributed by atoms with Gasteiger partial charge in [-0.15, -0.1) is 0 Å². The molecule has 9 nitrogen and oxygen atoms in total. The van der Waals surface area contributed by atoms with Crippen molar-refractivity contribution in [1.82, 2.24) is 10.0 Å². The van der Waals surface area contributed by atoms with Crippen LogP contribution in [0, 0.1) is 5.92 Å². The van der Waals surface area contributed by atoms with Gasteiger partial charge in [0.05, 0.1) is 30.0 Å². The summed E-state index contributed by atoms with van der Waals surface area (Å²) >= 11 is 0. The molecule has 7 rings (SSSR count). The van der Waals surface area contributed by atoms with E-state index in [1.165, 1.54) is 0 Å². The summed E-state index contributed by atoms with van der Waals surface area (Å²) < 4.78 is 5.28. The maximum atomic E-state index is 14.1. The van der Waals surface area contributed by atoms with Crippen LogP contribution in [0.1, 0.15) is 32.3 Å². The van der Waals surface area contributed by atoms with Gasteiger partial charge in [0, 0.05) is 5.39 Å². The number of imide groups is 2. The van der Waals surface area contributed by atoms with Gasteiger partial charge in [-0.2, -0.15) is 10.0 Å². The summed E-state index contributed by atoms with van der Waals surface area (Å²) in [7, 11) is 1.56. The maximum absolute atomic E-state index is 14.1. The molecule has 3 atom stereocenters. The number of amides is 4. The van der Waals surface area contributed by atoms with Crippen molar-refractivity contribution in [3.63, 3.8) is 0 Å². The van der Waals surface area contributed by atoms with E-state index in [2.05, 4.69) is 0 Å². The second-order valence-corrected chi connectivity index (χ2v) is 9.55. The number of carbonyl (C=O) groups is 4. The molecule has 3 heterocycles. The van der Waals surface area contributed by atoms with Crippen LogP contribution in [0.5, 0.6) is 5.75 Å². The van der Waals surface area contributed by atoms with Crippen LogP contribution in [-0.2, 0) is 14.4 Å². The van der Waals surface area contributed by atoms with Crippen molar-refractivity contribution >= 4 is 40.1 Å². The van der Waals surface area contributed by atoms with Crippen molar-refractivity contribution in [2.45, 2.75) is 12.1 Å². The van der Waals surface area contributed by atoms with Crippen molar-refractivity contribution in [2.24, 2.45) is 5.92 Å². The summed E-state index contributed by atoms with van der Waals surface area (Å²) in [5.41, 5.74) is 1.87. The van der Waals surface area contributed by atoms with E-state index in [1.807, 2.05) is 30.3 Å². The van der Waals surface area contributed by atoms with E-state index in [9.17, 15) is 19.2 Å². The molecular formula is C30H21N3O6. The number of carbonyl (C=O) groups excluding carboxylic acids is 4. The summed E-state index contributed by atoms with van der Waals surface area (Å²) in [6.45, 7) is 0. The van der Waals surface area contributed by atoms with Gasteiger partial charge in [-0.05, 0) is 47.3 Å². The zero-order valence-electron chi connectivity index (χ0n) is 20.7. The normalized spacial score (nSPS) is 22.2. The molecule has 0 unspecified atom stereocenters. The number of para-hydroxylation sites is 1. The molecule has 0 aromatic heterocycles. The standard InChI is InChI=1S/C30H21N3O6/c1-38-20-15-13-18(14-16-20)25-24-26(39-33(25)19-9-3-2-4-10-19)30(37)32(29(24)36)31-27(34)21-11-5-7-17-8-6-12-22(23(17)21)28(31)35/h2-16,24-26H,1H3/t24-,25-,26+/m1/s1. The minimum Gasteiger partial charge on any atom is -0.497 e. The van der Waals surface area contributed by atoms with Crippen LogP contribution in [0.15, 0.2) is 91.0 Å². The molecule has 39 heavy (non-hydrogen) atoms. The predicted octanol–water partition coefficient (Wildman–Crippen LogP) is 3.91. The molecule has 2 fully saturated rings. The van der Waals surface area contributed by atoms with Crippen LogP contribution in [0.4, 0.5) is 5.69 Å². The SMILES string of the molecule is COc1ccc([C@@H]2[C@H]3C(=O)N(N4C(=O)c5cccc6cccc(c56)C4=O)C(=O)[C@H]3ON2c2ccccc2)cc1. The first-order chi connectivity index (χ1) is 19.0. The third-order valence-corrected chi connectivity index (χ3v) is 7.51. The minimum atomic E-state index is -1.22. The van der Waals surface area contributed by atoms with Gasteiger partial charge in [0.25, 0.3) is 23.6 Å². The molecule has 4 aromatic rings. The van der Waals surface area contributed by atoms with Gasteiger partial charge >= 0.3 is 0 Å². The van der Waals surface area contributed by atoms with E-state index in [1.54, 1.807) is 72.8 Å². The third-order valence-electron chi connectivity index (χ3n) is 7.51. The highest BCUT2D eigenvalue weighted by Crippen LogP contribution is 2.48. The van der Waals surface area contributed by atoms with Crippen LogP contribution in [0.25, 0.3) is 10.8 Å². The fraction of sp³-hybridized carbons (Fsp3) is 0.133. The van der Waals surface area contributed by atoms with Crippen molar-refractivity contribution in [3.05, 3.63) is 108 Å². The lowest BCUT2D eigenvalue weighted by atomic mass is 9.90. The van der Waals surface area contributed by atoms with Gasteiger partial charge in [0.1, 0.15) is 11.7 Å². The Morgan fingerprint density at radius 3 is 1.95 bits per heavy atom. The lowest BCUT2D eigenvalue weighted by Crippen LogP contribution is -2.55. The Bertz CT molecular complexity index is 1640. The summed E-state index contributed by atoms with van der Waals surface area (Å²) in [6, 6.07) is 25.8. The number of ether oxygens (including phenoxy) is 1. The summed E-state index contributed by atoms with van der Waals surface area (Å²) in [6.07, 6.45) is -1.22. The lowest BCUT2D eigenvalue weighted by Gasteiger charge is -2.34. The Balaban J connectivity index is 1.31. The molecule has 4 aromatic carbocycles. The Hall–Kier alpha value is -5.02. The predicted molar refractivity (Wildman–Crippen MR) is 139 cm³/mol. The highest BCUT2D eigenvalue weighted by molar-refractivity contribution is 6.27. The molecule has 0 aliphatic carbocycles. The van der Waals surface area contributed by atoms with Crippen LogP contribution in [-0.4, -0.2) is 46.9 Å². The Labute approximate surface area is 222 Å². The third kappa shape index (κ3) is 3.23. The van der Waals surface area contributed by atoms with E-state index >= 15 is 0 Å². The minimum absolute atomic E-state index is 0.249. The maximum Gasteiger partial charge on any atom is 0.281 e. The van der Waals surface area contributed by atoms with Gasteiger partial charge in [-0.25, -0.2) is 5.06 Å². The van der Waals surface area contributed by atoms with Gasteiger partial charge in [0.15, 0.2) is 6.10 Å². The van der Waals surface area contributed by atoms with E-state index in [-0.39, 0.29) is 11.1 Å². The second-order valence-electron chi connectivity index (χ2n) is 9.55. The first-order valence-corrected chi connectivity index (χ1v) is 12.4. The average molecular weight is 520 g/mol. The van der Waals surface area contributed by atoms with Crippen molar-refractivity contribution in [2.75, 3.05) is 12.2 Å². The number of anilines is 1. The fourth-order valence-electron chi connectivity index (χ4n) is 5.74. The van der Waals surface area contributed by atoms with Crippen LogP contribution < -0.4 is 9.80 Å². The van der Waals surface area contributed by atoms with Crippen LogP contribution >= 0.6 is 0 Å². The van der Waals surface area contributed by atoms with Gasteiger partial charge in [0.2, 0.25) is 0 Å². The van der Waals surface area contributed by atoms with Crippen LogP contribution in [0.3, 0.4) is 0 Å². The molecular weight excluding hydrogens is 498 g/mol. The van der Waals surface area contributed by atoms with Gasteiger partial charge < -0.3 is 4.74 Å². The number of hydrogen-bond donors (Lipinski definition) is 0. The monoisotopic (exact) mass is 519 g/mol.